The van der Waals surface area contributed by atoms with Gasteiger partial charge in [-0.15, -0.1) is 0 Å². The molecule has 1 atom stereocenters. The van der Waals surface area contributed by atoms with Crippen LogP contribution in [0.15, 0.2) is 36.8 Å². The molecule has 2 aromatic heterocycles. The molecule has 1 aliphatic rings. The van der Waals surface area contributed by atoms with Crippen LogP contribution in [0.4, 0.5) is 14.6 Å². The predicted molar refractivity (Wildman–Crippen MR) is 125 cm³/mol. The summed E-state index contributed by atoms with van der Waals surface area (Å²) in [5.41, 5.74) is 7.52. The lowest BCUT2D eigenvalue weighted by Gasteiger charge is -2.22. The Morgan fingerprint density at radius 1 is 1.26 bits per heavy atom. The molecule has 0 bridgehead atoms. The lowest BCUT2D eigenvalue weighted by Crippen LogP contribution is -2.29. The molecule has 3 aromatic rings. The fourth-order valence-corrected chi connectivity index (χ4v) is 3.94. The van der Waals surface area contributed by atoms with Gasteiger partial charge in [-0.25, -0.2) is 13.8 Å². The lowest BCUT2D eigenvalue weighted by atomic mass is 10.1. The molecular weight excluding hydrogens is 468 g/mol. The number of piperidine rings is 1. The second kappa shape index (κ2) is 11.3. The van der Waals surface area contributed by atoms with Gasteiger partial charge in [0.2, 0.25) is 0 Å². The number of hydrogen-bond donors (Lipinski definition) is 3. The first-order valence-corrected chi connectivity index (χ1v) is 11.1. The highest BCUT2D eigenvalue weighted by Crippen LogP contribution is 2.35. The molecule has 0 amide bonds. The van der Waals surface area contributed by atoms with Gasteiger partial charge >= 0.3 is 0 Å². The van der Waals surface area contributed by atoms with Crippen molar-refractivity contribution in [2.24, 2.45) is 0 Å². The molecule has 3 heterocycles. The van der Waals surface area contributed by atoms with Gasteiger partial charge in [0.1, 0.15) is 17.7 Å². The van der Waals surface area contributed by atoms with Crippen LogP contribution in [0, 0.1) is 11.6 Å². The number of aromatic nitrogens is 3. The zero-order chi connectivity index (χ0) is 24.8. The molecule has 0 spiro atoms. The number of nitrogens with zero attached hydrogens (tertiary/aromatic N) is 3. The zero-order valence-corrected chi connectivity index (χ0v) is 19.5. The van der Waals surface area contributed by atoms with E-state index in [4.69, 9.17) is 32.0 Å². The van der Waals surface area contributed by atoms with Crippen LogP contribution in [-0.4, -0.2) is 38.9 Å². The smallest absolute Gasteiger partial charge is 0.300 e. The van der Waals surface area contributed by atoms with Gasteiger partial charge in [-0.2, -0.15) is 5.10 Å². The minimum absolute atomic E-state index is 0.0693. The third kappa shape index (κ3) is 6.21. The zero-order valence-electron chi connectivity index (χ0n) is 18.8. The van der Waals surface area contributed by atoms with Gasteiger partial charge in [-0.3, -0.25) is 9.48 Å². The summed E-state index contributed by atoms with van der Waals surface area (Å²) < 4.78 is 35.8. The summed E-state index contributed by atoms with van der Waals surface area (Å²) >= 11 is 5.95. The van der Waals surface area contributed by atoms with Gasteiger partial charge in [0.15, 0.2) is 11.6 Å². The van der Waals surface area contributed by atoms with Crippen molar-refractivity contribution in [1.82, 2.24) is 20.1 Å². The average Bonchev–Trinajstić information content (AvgIpc) is 3.29. The van der Waals surface area contributed by atoms with E-state index >= 15 is 0 Å². The monoisotopic (exact) mass is 493 g/mol. The lowest BCUT2D eigenvalue weighted by molar-refractivity contribution is -0.134. The SMILES string of the molecule is CC(=O)O.C[C@@H](Oc1cc(-c2cnn(C3CCNCC3)c2)cnc1N)c1c(F)ccc(F)c1Cl. The molecule has 1 fully saturated rings. The van der Waals surface area contributed by atoms with Crippen molar-refractivity contribution in [3.05, 3.63) is 59.0 Å². The fourth-order valence-electron chi connectivity index (χ4n) is 3.63. The molecule has 0 unspecified atom stereocenters. The van der Waals surface area contributed by atoms with E-state index in [1.165, 1.54) is 0 Å². The summed E-state index contributed by atoms with van der Waals surface area (Å²) in [5, 5.41) is 14.9. The van der Waals surface area contributed by atoms with Crippen LogP contribution in [0.2, 0.25) is 5.02 Å². The number of rotatable bonds is 5. The maximum absolute atomic E-state index is 14.2. The molecule has 4 rings (SSSR count). The minimum Gasteiger partial charge on any atom is -0.482 e. The van der Waals surface area contributed by atoms with Gasteiger partial charge in [-0.1, -0.05) is 11.6 Å². The second-order valence-electron chi connectivity index (χ2n) is 7.83. The van der Waals surface area contributed by atoms with Crippen molar-refractivity contribution in [2.75, 3.05) is 18.8 Å². The summed E-state index contributed by atoms with van der Waals surface area (Å²) in [6, 6.07) is 4.07. The van der Waals surface area contributed by atoms with E-state index in [0.29, 0.717) is 6.04 Å². The summed E-state index contributed by atoms with van der Waals surface area (Å²) in [7, 11) is 0. The normalized spacial score (nSPS) is 14.7. The number of ether oxygens (including phenoxy) is 1. The number of nitrogen functional groups attached to an aromatic ring is 1. The molecule has 0 aliphatic carbocycles. The number of halogens is 3. The van der Waals surface area contributed by atoms with E-state index in [9.17, 15) is 8.78 Å². The van der Waals surface area contributed by atoms with Crippen molar-refractivity contribution < 1.29 is 23.4 Å². The van der Waals surface area contributed by atoms with Crippen molar-refractivity contribution in [3.63, 3.8) is 0 Å². The Morgan fingerprint density at radius 3 is 2.59 bits per heavy atom. The summed E-state index contributed by atoms with van der Waals surface area (Å²) in [6.45, 7) is 4.60. The molecule has 4 N–H and O–H groups in total. The van der Waals surface area contributed by atoms with Crippen LogP contribution in [0.3, 0.4) is 0 Å². The number of nitrogens with one attached hydrogen (secondary N) is 1. The number of benzene rings is 1. The van der Waals surface area contributed by atoms with Crippen molar-refractivity contribution in [1.29, 1.82) is 0 Å². The van der Waals surface area contributed by atoms with Crippen LogP contribution in [0.25, 0.3) is 11.1 Å². The van der Waals surface area contributed by atoms with E-state index in [1.54, 1.807) is 25.4 Å². The van der Waals surface area contributed by atoms with E-state index in [1.807, 2.05) is 10.9 Å². The molecular formula is C23H26ClF2N5O3. The van der Waals surface area contributed by atoms with Crippen LogP contribution in [-0.2, 0) is 4.79 Å². The molecule has 8 nitrogen and oxygen atoms in total. The summed E-state index contributed by atoms with van der Waals surface area (Å²) in [5.74, 6) is -1.80. The maximum atomic E-state index is 14.2. The van der Waals surface area contributed by atoms with Gasteiger partial charge in [0.25, 0.3) is 5.97 Å². The Bertz CT molecular complexity index is 1150. The Hall–Kier alpha value is -3.24. The Labute approximate surface area is 200 Å². The molecule has 182 valence electrons. The van der Waals surface area contributed by atoms with Crippen molar-refractivity contribution in [3.8, 4) is 16.9 Å². The molecule has 34 heavy (non-hydrogen) atoms. The molecule has 1 aromatic carbocycles. The Morgan fingerprint density at radius 2 is 1.91 bits per heavy atom. The first-order valence-electron chi connectivity index (χ1n) is 10.7. The number of carboxylic acids is 1. The molecule has 0 radical (unpaired) electrons. The van der Waals surface area contributed by atoms with E-state index in [2.05, 4.69) is 15.4 Å². The van der Waals surface area contributed by atoms with Gasteiger partial charge < -0.3 is 20.9 Å². The molecule has 1 aliphatic heterocycles. The largest absolute Gasteiger partial charge is 0.482 e. The molecule has 0 saturated carbocycles. The quantitative estimate of drug-likeness (QED) is 0.444. The predicted octanol–water partition coefficient (Wildman–Crippen LogP) is 4.61. The summed E-state index contributed by atoms with van der Waals surface area (Å²) in [4.78, 5) is 13.2. The standard InChI is InChI=1S/C21H22ClF2N5O.C2H4O2/c1-12(19-16(23)2-3-17(24)20(19)22)30-18-8-13(9-27-21(18)25)14-10-28-29(11-14)15-4-6-26-7-5-15;1-2(3)4/h2-3,8-12,15,26H,4-7H2,1H3,(H2,25,27);1H3,(H,3,4)/t12-;/m1./s1. The first-order chi connectivity index (χ1) is 16.2. The topological polar surface area (TPSA) is 115 Å². The Balaban J connectivity index is 0.000000751. The van der Waals surface area contributed by atoms with E-state index in [0.717, 1.165) is 56.1 Å². The first kappa shape index (κ1) is 25.4. The number of aliphatic carboxylic acids is 1. The third-order valence-electron chi connectivity index (χ3n) is 5.29. The van der Waals surface area contributed by atoms with Crippen molar-refractivity contribution >= 4 is 23.4 Å². The molecule has 1 saturated heterocycles. The van der Waals surface area contributed by atoms with Crippen LogP contribution >= 0.6 is 11.6 Å². The molecule has 11 heteroatoms. The van der Waals surface area contributed by atoms with Crippen LogP contribution in [0.5, 0.6) is 5.75 Å². The van der Waals surface area contributed by atoms with E-state index < -0.39 is 23.7 Å². The Kier molecular flexibility index (Phi) is 8.41. The number of carbonyl (C=O) groups is 1. The van der Waals surface area contributed by atoms with E-state index in [-0.39, 0.29) is 22.2 Å². The van der Waals surface area contributed by atoms with Crippen LogP contribution < -0.4 is 15.8 Å². The maximum Gasteiger partial charge on any atom is 0.300 e. The van der Waals surface area contributed by atoms with Gasteiger partial charge in [0, 0.05) is 36.0 Å². The number of nitrogens with two attached hydrogens (primary N) is 1. The van der Waals surface area contributed by atoms with Crippen molar-refractivity contribution in [2.45, 2.75) is 38.8 Å². The number of pyridine rings is 1. The fraction of sp³-hybridized carbons (Fsp3) is 0.348. The van der Waals surface area contributed by atoms with Crippen LogP contribution in [0.1, 0.15) is 44.4 Å². The highest BCUT2D eigenvalue weighted by molar-refractivity contribution is 6.31. The average molecular weight is 494 g/mol. The highest BCUT2D eigenvalue weighted by atomic mass is 35.5. The minimum atomic E-state index is -0.870. The highest BCUT2D eigenvalue weighted by Gasteiger charge is 2.21. The summed E-state index contributed by atoms with van der Waals surface area (Å²) in [6.07, 6.45) is 6.54. The number of anilines is 1. The number of carboxylic acid groups (broad SMARTS) is 1. The number of hydrogen-bond acceptors (Lipinski definition) is 6. The third-order valence-corrected chi connectivity index (χ3v) is 5.67. The second-order valence-corrected chi connectivity index (χ2v) is 8.21. The van der Waals surface area contributed by atoms with Gasteiger partial charge in [0.05, 0.1) is 17.3 Å². The van der Waals surface area contributed by atoms with Gasteiger partial charge in [-0.05, 0) is 51.1 Å².